The molecule has 0 spiro atoms. The minimum atomic E-state index is -0.963. The summed E-state index contributed by atoms with van der Waals surface area (Å²) in [6.45, 7) is 0.900. The summed E-state index contributed by atoms with van der Waals surface area (Å²) < 4.78 is 1.28. The van der Waals surface area contributed by atoms with Crippen LogP contribution in [0.2, 0.25) is 0 Å². The fraction of sp³-hybridized carbons (Fsp3) is 0.385. The van der Waals surface area contributed by atoms with Crippen molar-refractivity contribution < 1.29 is 29.4 Å². The molecule has 0 saturated heterocycles. The number of hydrogen-bond acceptors (Lipinski definition) is 7. The molecule has 0 fully saturated rings. The molecule has 0 aliphatic carbocycles. The Balaban J connectivity index is 1.93. The molecule has 2 aromatic carbocycles. The van der Waals surface area contributed by atoms with Crippen LogP contribution in [0.5, 0.6) is 5.75 Å². The molecule has 0 saturated carbocycles. The summed E-state index contributed by atoms with van der Waals surface area (Å²) >= 11 is 3.99. The number of nitrogens with zero attached hydrogens (tertiary/aromatic N) is 1. The van der Waals surface area contributed by atoms with Crippen molar-refractivity contribution in [1.29, 1.82) is 0 Å². The van der Waals surface area contributed by atoms with E-state index >= 15 is 0 Å². The molecular formula is C26H33I2N5O6. The molecule has 2 rings (SSSR count). The highest BCUT2D eigenvalue weighted by Gasteiger charge is 2.28. The second kappa shape index (κ2) is 15.9. The molecule has 11 nitrogen and oxygen atoms in total. The number of phenols is 1. The highest BCUT2D eigenvalue weighted by molar-refractivity contribution is 14.1. The summed E-state index contributed by atoms with van der Waals surface area (Å²) in [5.74, 6) is -1.89. The highest BCUT2D eigenvalue weighted by atomic mass is 127. The second-order valence-corrected chi connectivity index (χ2v) is 11.2. The van der Waals surface area contributed by atoms with E-state index in [1.54, 1.807) is 12.1 Å². The largest absolute Gasteiger partial charge is 0.506 e. The van der Waals surface area contributed by atoms with Gasteiger partial charge in [-0.3, -0.25) is 19.2 Å². The number of nitrogens with one attached hydrogen (secondary N) is 3. The van der Waals surface area contributed by atoms with Gasteiger partial charge in [0.25, 0.3) is 0 Å². The second-order valence-electron chi connectivity index (χ2n) is 8.89. The van der Waals surface area contributed by atoms with E-state index in [1.165, 1.54) is 18.9 Å². The quantitative estimate of drug-likeness (QED) is 0.159. The summed E-state index contributed by atoms with van der Waals surface area (Å²) in [5, 5.41) is 26.6. The van der Waals surface area contributed by atoms with Crippen LogP contribution in [0.25, 0.3) is 0 Å². The summed E-state index contributed by atoms with van der Waals surface area (Å²) in [6.07, 6.45) is 0.453. The number of aromatic hydroxyl groups is 1. The van der Waals surface area contributed by atoms with Gasteiger partial charge in [0.1, 0.15) is 17.8 Å². The minimum absolute atomic E-state index is 0.0491. The smallest absolute Gasteiger partial charge is 0.243 e. The standard InChI is InChI=1S/C26H33I2N5O6/c1-15(32-25(38)20(29)12-17-10-18(27)23(36)19(28)11-17)24(37)31-14-22(35)33(2)21(26(39)30-8-9-34)13-16-6-4-3-5-7-16/h3-7,10-11,15,20-21,34,36H,8-9,12-14,29H2,1-2H3,(H,30,39)(H,31,37)(H,32,38)/t15-,20+,21+/m1/s1. The number of aliphatic hydroxyl groups is 1. The highest BCUT2D eigenvalue weighted by Crippen LogP contribution is 2.27. The molecule has 7 N–H and O–H groups in total. The van der Waals surface area contributed by atoms with Crippen LogP contribution >= 0.6 is 45.2 Å². The molecule has 0 bridgehead atoms. The summed E-state index contributed by atoms with van der Waals surface area (Å²) in [5.41, 5.74) is 7.64. The lowest BCUT2D eigenvalue weighted by Gasteiger charge is -2.28. The third-order valence-electron chi connectivity index (χ3n) is 5.88. The first-order chi connectivity index (χ1) is 18.4. The molecule has 39 heavy (non-hydrogen) atoms. The molecule has 4 amide bonds. The van der Waals surface area contributed by atoms with Crippen molar-refractivity contribution in [2.45, 2.75) is 37.9 Å². The first-order valence-corrected chi connectivity index (χ1v) is 14.3. The fourth-order valence-electron chi connectivity index (χ4n) is 3.62. The van der Waals surface area contributed by atoms with Crippen LogP contribution < -0.4 is 21.7 Å². The zero-order valence-corrected chi connectivity index (χ0v) is 25.9. The van der Waals surface area contributed by atoms with E-state index in [0.29, 0.717) is 7.14 Å². The van der Waals surface area contributed by atoms with Gasteiger partial charge >= 0.3 is 0 Å². The average Bonchev–Trinajstić information content (AvgIpc) is 2.91. The van der Waals surface area contributed by atoms with Crippen LogP contribution in [0.1, 0.15) is 18.1 Å². The number of phenolic OH excluding ortho intramolecular Hbond substituents is 1. The van der Waals surface area contributed by atoms with E-state index in [-0.39, 0.29) is 38.3 Å². The number of nitrogens with two attached hydrogens (primary N) is 1. The lowest BCUT2D eigenvalue weighted by molar-refractivity contribution is -0.139. The van der Waals surface area contributed by atoms with Gasteiger partial charge in [0, 0.05) is 20.0 Å². The lowest BCUT2D eigenvalue weighted by Crippen LogP contribution is -2.54. The van der Waals surface area contributed by atoms with E-state index in [4.69, 9.17) is 10.8 Å². The number of rotatable bonds is 13. The number of carbonyl (C=O) groups excluding carboxylic acids is 4. The number of aliphatic hydroxyl groups excluding tert-OH is 1. The molecule has 2 aromatic rings. The van der Waals surface area contributed by atoms with Gasteiger partial charge in [0.15, 0.2) is 0 Å². The molecule has 0 aliphatic rings. The Kier molecular flexibility index (Phi) is 13.4. The van der Waals surface area contributed by atoms with Crippen LogP contribution in [0, 0.1) is 7.14 Å². The Bertz CT molecular complexity index is 1140. The third kappa shape index (κ3) is 10.2. The van der Waals surface area contributed by atoms with Crippen LogP contribution in [0.4, 0.5) is 0 Å². The van der Waals surface area contributed by atoms with Gasteiger partial charge in [-0.05, 0) is 81.8 Å². The van der Waals surface area contributed by atoms with Crippen molar-refractivity contribution >= 4 is 68.8 Å². The third-order valence-corrected chi connectivity index (χ3v) is 7.53. The van der Waals surface area contributed by atoms with Crippen molar-refractivity contribution in [2.24, 2.45) is 5.73 Å². The maximum atomic E-state index is 12.8. The molecule has 0 radical (unpaired) electrons. The van der Waals surface area contributed by atoms with Gasteiger partial charge in [0.05, 0.1) is 26.3 Å². The van der Waals surface area contributed by atoms with Gasteiger partial charge in [0.2, 0.25) is 23.6 Å². The molecule has 212 valence electrons. The SMILES string of the molecule is C[C@@H](NC(=O)[C@@H](N)Cc1cc(I)c(O)c(I)c1)C(=O)NCC(=O)N(C)[C@@H](Cc1ccccc1)C(=O)NCCO. The number of halogens is 2. The number of likely N-dealkylation sites (N-methyl/N-ethyl adjacent to an activating group) is 1. The summed E-state index contributed by atoms with van der Waals surface area (Å²) in [6, 6.07) is 9.89. The van der Waals surface area contributed by atoms with E-state index in [2.05, 4.69) is 16.0 Å². The minimum Gasteiger partial charge on any atom is -0.506 e. The van der Waals surface area contributed by atoms with Crippen molar-refractivity contribution in [3.05, 3.63) is 60.7 Å². The average molecular weight is 765 g/mol. The van der Waals surface area contributed by atoms with Crippen molar-refractivity contribution in [3.8, 4) is 5.75 Å². The van der Waals surface area contributed by atoms with Gasteiger partial charge in [-0.15, -0.1) is 0 Å². The number of amides is 4. The van der Waals surface area contributed by atoms with Crippen molar-refractivity contribution in [3.63, 3.8) is 0 Å². The van der Waals surface area contributed by atoms with E-state index < -0.39 is 41.8 Å². The van der Waals surface area contributed by atoms with Crippen LogP contribution in [-0.2, 0) is 32.0 Å². The Morgan fingerprint density at radius 3 is 2.15 bits per heavy atom. The predicted molar refractivity (Wildman–Crippen MR) is 163 cm³/mol. The molecule has 3 atom stereocenters. The van der Waals surface area contributed by atoms with Crippen molar-refractivity contribution in [1.82, 2.24) is 20.9 Å². The molecule has 13 heteroatoms. The topological polar surface area (TPSA) is 174 Å². The van der Waals surface area contributed by atoms with Crippen LogP contribution in [0.15, 0.2) is 42.5 Å². The predicted octanol–water partition coefficient (Wildman–Crippen LogP) is 0.270. The Morgan fingerprint density at radius 1 is 0.949 bits per heavy atom. The normalized spacial score (nSPS) is 13.1. The monoisotopic (exact) mass is 765 g/mol. The molecule has 0 aromatic heterocycles. The number of carbonyl (C=O) groups is 4. The van der Waals surface area contributed by atoms with E-state index in [9.17, 15) is 24.3 Å². The number of benzene rings is 2. The van der Waals surface area contributed by atoms with Gasteiger partial charge < -0.3 is 36.8 Å². The maximum Gasteiger partial charge on any atom is 0.243 e. The van der Waals surface area contributed by atoms with Crippen molar-refractivity contribution in [2.75, 3.05) is 26.7 Å². The molecule has 0 heterocycles. The van der Waals surface area contributed by atoms with E-state index in [0.717, 1.165) is 11.1 Å². The zero-order chi connectivity index (χ0) is 29.1. The molecule has 0 aliphatic heterocycles. The summed E-state index contributed by atoms with van der Waals surface area (Å²) in [4.78, 5) is 51.9. The lowest BCUT2D eigenvalue weighted by atomic mass is 10.0. The zero-order valence-electron chi connectivity index (χ0n) is 21.6. The fourth-order valence-corrected chi connectivity index (χ4v) is 5.52. The van der Waals surface area contributed by atoms with Crippen LogP contribution in [-0.4, -0.2) is 83.6 Å². The van der Waals surface area contributed by atoms with Crippen LogP contribution in [0.3, 0.4) is 0 Å². The first-order valence-electron chi connectivity index (χ1n) is 12.1. The van der Waals surface area contributed by atoms with Gasteiger partial charge in [-0.25, -0.2) is 0 Å². The Labute approximate surface area is 254 Å². The van der Waals surface area contributed by atoms with Gasteiger partial charge in [-0.2, -0.15) is 0 Å². The maximum absolute atomic E-state index is 12.8. The molecular weight excluding hydrogens is 732 g/mol. The molecule has 0 unspecified atom stereocenters. The number of hydrogen-bond donors (Lipinski definition) is 6. The van der Waals surface area contributed by atoms with E-state index in [1.807, 2.05) is 75.5 Å². The Hall–Kier alpha value is -2.50. The summed E-state index contributed by atoms with van der Waals surface area (Å²) in [7, 11) is 1.47. The Morgan fingerprint density at radius 2 is 1.56 bits per heavy atom. The van der Waals surface area contributed by atoms with Gasteiger partial charge in [-0.1, -0.05) is 30.3 Å². The first kappa shape index (κ1) is 32.7.